The second-order valence-electron chi connectivity index (χ2n) is 13.0. The van der Waals surface area contributed by atoms with Crippen LogP contribution in [0.2, 0.25) is 0 Å². The van der Waals surface area contributed by atoms with Crippen molar-refractivity contribution in [1.29, 1.82) is 0 Å². The topological polar surface area (TPSA) is 12.9 Å². The van der Waals surface area contributed by atoms with Gasteiger partial charge in [0.1, 0.15) is 0 Å². The summed E-state index contributed by atoms with van der Waals surface area (Å²) in [4.78, 5) is 7.85. The van der Waals surface area contributed by atoms with Crippen LogP contribution in [-0.4, -0.2) is 4.98 Å². The van der Waals surface area contributed by atoms with E-state index in [1.54, 1.807) is 0 Å². The van der Waals surface area contributed by atoms with E-state index in [0.29, 0.717) is 11.8 Å². The molecule has 0 N–H and O–H groups in total. The van der Waals surface area contributed by atoms with E-state index in [-0.39, 0.29) is 0 Å². The highest BCUT2D eigenvalue weighted by atomic mass is 32.2. The maximum absolute atomic E-state index is 5.08. The van der Waals surface area contributed by atoms with Gasteiger partial charge in [0.2, 0.25) is 0 Å². The van der Waals surface area contributed by atoms with Crippen LogP contribution in [0.3, 0.4) is 0 Å². The summed E-state index contributed by atoms with van der Waals surface area (Å²) >= 11 is 1.98. The van der Waals surface area contributed by atoms with Crippen molar-refractivity contribution in [1.82, 2.24) is 4.98 Å². The van der Waals surface area contributed by atoms with Gasteiger partial charge in [-0.15, -0.1) is 0 Å². The second-order valence-corrected chi connectivity index (χ2v) is 14.0. The number of hydrogen-bond donors (Lipinski definition) is 0. The molecule has 198 valence electrons. The Morgan fingerprint density at radius 2 is 1.56 bits per heavy atom. The molecule has 1 saturated carbocycles. The van der Waals surface area contributed by atoms with Crippen LogP contribution in [0.25, 0.3) is 43.6 Å². The van der Waals surface area contributed by atoms with E-state index in [1.165, 1.54) is 102 Å². The van der Waals surface area contributed by atoms with Crippen LogP contribution in [0.15, 0.2) is 70.6 Å². The number of nitrogens with zero attached hydrogens (tertiary/aromatic N) is 1. The van der Waals surface area contributed by atoms with Crippen LogP contribution < -0.4 is 0 Å². The quantitative estimate of drug-likeness (QED) is 0.199. The van der Waals surface area contributed by atoms with Gasteiger partial charge in [-0.1, -0.05) is 102 Å². The number of aromatic nitrogens is 1. The zero-order chi connectivity index (χ0) is 26.7. The predicted octanol–water partition coefficient (Wildman–Crippen LogP) is 10.8. The van der Waals surface area contributed by atoms with E-state index < -0.39 is 0 Å². The minimum atomic E-state index is 0.593. The van der Waals surface area contributed by atoms with Gasteiger partial charge in [0.25, 0.3) is 0 Å². The lowest BCUT2D eigenvalue weighted by Gasteiger charge is -2.25. The molecule has 1 aliphatic carbocycles. The number of hydrogen-bond acceptors (Lipinski definition) is 2. The van der Waals surface area contributed by atoms with E-state index >= 15 is 0 Å². The van der Waals surface area contributed by atoms with Crippen LogP contribution in [-0.2, 0) is 19.3 Å². The maximum Gasteiger partial charge on any atom is 0.0803 e. The highest BCUT2D eigenvalue weighted by Crippen LogP contribution is 2.52. The van der Waals surface area contributed by atoms with Gasteiger partial charge in [0.15, 0.2) is 0 Å². The fourth-order valence-electron chi connectivity index (χ4n) is 7.20. The van der Waals surface area contributed by atoms with Gasteiger partial charge in [-0.05, 0) is 98.8 Å². The maximum atomic E-state index is 5.08. The summed E-state index contributed by atoms with van der Waals surface area (Å²) in [6.45, 7) is 9.30. The van der Waals surface area contributed by atoms with Gasteiger partial charge in [0, 0.05) is 26.9 Å². The molecule has 39 heavy (non-hydrogen) atoms. The molecule has 0 bridgehead atoms. The Morgan fingerprint density at radius 1 is 0.769 bits per heavy atom. The first-order valence-corrected chi connectivity index (χ1v) is 15.9. The molecule has 0 unspecified atom stereocenters. The molecule has 0 spiro atoms. The Balaban J connectivity index is 1.44. The Labute approximate surface area is 237 Å². The molecular formula is C37H39NS. The zero-order valence-corrected chi connectivity index (χ0v) is 24.6. The Hall–Kier alpha value is -2.84. The van der Waals surface area contributed by atoms with Crippen LogP contribution in [0, 0.1) is 17.8 Å². The van der Waals surface area contributed by atoms with Crippen molar-refractivity contribution in [3.63, 3.8) is 0 Å². The van der Waals surface area contributed by atoms with E-state index in [4.69, 9.17) is 4.98 Å². The summed E-state index contributed by atoms with van der Waals surface area (Å²) in [6, 6.07) is 21.6. The molecule has 1 aromatic heterocycles. The SMILES string of the molecule is CC(C)Cc1ccc2c(CC(C)C)c3c(cc2c1)-c1nccc2c1c(cc1ccc(CC4CCCC4)cc12)S3. The molecule has 1 fully saturated rings. The van der Waals surface area contributed by atoms with Crippen molar-refractivity contribution < 1.29 is 0 Å². The Kier molecular flexibility index (Phi) is 6.43. The minimum absolute atomic E-state index is 0.593. The van der Waals surface area contributed by atoms with Gasteiger partial charge >= 0.3 is 0 Å². The normalized spacial score (nSPS) is 15.3. The van der Waals surface area contributed by atoms with Crippen molar-refractivity contribution in [2.24, 2.45) is 17.8 Å². The molecule has 2 heterocycles. The van der Waals surface area contributed by atoms with Gasteiger partial charge in [-0.3, -0.25) is 4.98 Å². The van der Waals surface area contributed by atoms with E-state index in [2.05, 4.69) is 82.3 Å². The summed E-state index contributed by atoms with van der Waals surface area (Å²) in [5.41, 5.74) is 6.92. The average Bonchev–Trinajstić information content (AvgIpc) is 3.42. The third-order valence-corrected chi connectivity index (χ3v) is 10.1. The van der Waals surface area contributed by atoms with Crippen LogP contribution in [0.4, 0.5) is 0 Å². The monoisotopic (exact) mass is 529 g/mol. The number of fused-ring (bicyclic) bond motifs is 5. The zero-order valence-electron chi connectivity index (χ0n) is 23.8. The summed E-state index contributed by atoms with van der Waals surface area (Å²) in [5, 5.41) is 8.22. The van der Waals surface area contributed by atoms with Gasteiger partial charge in [-0.25, -0.2) is 0 Å². The average molecular weight is 530 g/mol. The van der Waals surface area contributed by atoms with Gasteiger partial charge < -0.3 is 0 Å². The highest BCUT2D eigenvalue weighted by molar-refractivity contribution is 8.00. The van der Waals surface area contributed by atoms with E-state index in [9.17, 15) is 0 Å². The summed E-state index contributed by atoms with van der Waals surface area (Å²) < 4.78 is 0. The van der Waals surface area contributed by atoms with Crippen LogP contribution in [0.5, 0.6) is 0 Å². The Morgan fingerprint density at radius 3 is 2.36 bits per heavy atom. The molecule has 0 saturated heterocycles. The largest absolute Gasteiger partial charge is 0.256 e. The number of pyridine rings is 1. The molecule has 2 aliphatic rings. The molecule has 4 aromatic carbocycles. The standard InChI is InChI=1S/C37H39NS/c1-22(2)15-25-10-12-29-28(18-25)20-33-36-35-30(13-14-38-36)31-19-26(17-24-7-5-6-8-24)9-11-27(31)21-34(35)39-37(33)32(29)16-23(3)4/h9-14,18-24H,5-8,15-17H2,1-4H3. The second kappa shape index (κ2) is 9.97. The summed E-state index contributed by atoms with van der Waals surface area (Å²) in [5.74, 6) is 2.11. The van der Waals surface area contributed by atoms with E-state index in [0.717, 1.165) is 18.8 Å². The third kappa shape index (κ3) is 4.55. The van der Waals surface area contributed by atoms with Crippen molar-refractivity contribution in [2.45, 2.75) is 82.4 Å². The molecule has 1 nitrogen and oxygen atoms in total. The van der Waals surface area contributed by atoms with Crippen molar-refractivity contribution in [3.8, 4) is 11.3 Å². The number of rotatable bonds is 6. The van der Waals surface area contributed by atoms with Crippen molar-refractivity contribution in [3.05, 3.63) is 77.5 Å². The molecule has 0 atom stereocenters. The lowest BCUT2D eigenvalue weighted by atomic mass is 9.89. The molecule has 5 aromatic rings. The smallest absolute Gasteiger partial charge is 0.0803 e. The van der Waals surface area contributed by atoms with Crippen molar-refractivity contribution in [2.75, 3.05) is 0 Å². The molecule has 1 aliphatic heterocycles. The summed E-state index contributed by atoms with van der Waals surface area (Å²) in [7, 11) is 0. The van der Waals surface area contributed by atoms with Gasteiger partial charge in [-0.2, -0.15) is 0 Å². The Bertz CT molecular complexity index is 1720. The van der Waals surface area contributed by atoms with Crippen LogP contribution in [0.1, 0.15) is 70.1 Å². The molecule has 2 heteroatoms. The lowest BCUT2D eigenvalue weighted by molar-refractivity contribution is 0.547. The number of benzene rings is 4. The first kappa shape index (κ1) is 25.1. The van der Waals surface area contributed by atoms with Crippen molar-refractivity contribution >= 4 is 44.1 Å². The molecule has 0 radical (unpaired) electrons. The molecule has 0 amide bonds. The first-order chi connectivity index (χ1) is 18.9. The van der Waals surface area contributed by atoms with Crippen LogP contribution >= 0.6 is 11.8 Å². The van der Waals surface area contributed by atoms with Gasteiger partial charge in [0.05, 0.1) is 5.69 Å². The first-order valence-electron chi connectivity index (χ1n) is 15.1. The highest BCUT2D eigenvalue weighted by Gasteiger charge is 2.26. The minimum Gasteiger partial charge on any atom is -0.256 e. The molecular weight excluding hydrogens is 490 g/mol. The van der Waals surface area contributed by atoms with E-state index in [1.807, 2.05) is 18.0 Å². The fourth-order valence-corrected chi connectivity index (χ4v) is 8.49. The fraction of sp³-hybridized carbons (Fsp3) is 0.378. The predicted molar refractivity (Wildman–Crippen MR) is 169 cm³/mol. The third-order valence-electron chi connectivity index (χ3n) is 8.87. The lowest BCUT2D eigenvalue weighted by Crippen LogP contribution is -2.04. The molecule has 7 rings (SSSR count). The summed E-state index contributed by atoms with van der Waals surface area (Å²) in [6.07, 6.45) is 11.1.